The van der Waals surface area contributed by atoms with Gasteiger partial charge in [-0.05, 0) is 72.5 Å². The number of anilines is 1. The molecule has 51 heavy (non-hydrogen) atoms. The summed E-state index contributed by atoms with van der Waals surface area (Å²) < 4.78 is 46.3. The predicted octanol–water partition coefficient (Wildman–Crippen LogP) is 7.02. The molecule has 0 aliphatic carbocycles. The summed E-state index contributed by atoms with van der Waals surface area (Å²) in [5, 5.41) is 3.58. The molecule has 0 heterocycles. The van der Waals surface area contributed by atoms with Crippen LogP contribution in [0, 0.1) is 5.92 Å². The molecule has 4 rings (SSSR count). The number of methoxy groups -OCH3 is 2. The van der Waals surface area contributed by atoms with E-state index in [1.807, 2.05) is 51.1 Å². The van der Waals surface area contributed by atoms with Crippen LogP contribution in [0.25, 0.3) is 0 Å². The minimum Gasteiger partial charge on any atom is -0.494 e. The molecule has 2 amide bonds. The molecule has 272 valence electrons. The van der Waals surface area contributed by atoms with Crippen LogP contribution in [-0.4, -0.2) is 65.1 Å². The second-order valence-corrected chi connectivity index (χ2v) is 14.7. The number of nitrogens with one attached hydrogen (secondary N) is 1. The number of ether oxygens (including phenoxy) is 3. The molecule has 0 bridgehead atoms. The highest BCUT2D eigenvalue weighted by molar-refractivity contribution is 7.92. The fourth-order valence-corrected chi connectivity index (χ4v) is 7.07. The maximum absolute atomic E-state index is 14.7. The number of carbonyl (C=O) groups excluding carboxylic acids is 2. The highest BCUT2D eigenvalue weighted by atomic mass is 35.5. The van der Waals surface area contributed by atoms with Crippen LogP contribution in [0.4, 0.5) is 5.69 Å². The summed E-state index contributed by atoms with van der Waals surface area (Å²) in [5.41, 5.74) is 1.62. The number of hydrogen-bond donors (Lipinski definition) is 1. The van der Waals surface area contributed by atoms with Crippen molar-refractivity contribution in [3.8, 4) is 17.2 Å². The first kappa shape index (κ1) is 39.3. The third-order valence-electron chi connectivity index (χ3n) is 7.95. The van der Waals surface area contributed by atoms with Crippen molar-refractivity contribution < 1.29 is 32.2 Å². The minimum atomic E-state index is -4.41. The normalized spacial score (nSPS) is 11.8. The third-order valence-corrected chi connectivity index (χ3v) is 10.5. The van der Waals surface area contributed by atoms with Gasteiger partial charge in [0.15, 0.2) is 11.5 Å². The summed E-state index contributed by atoms with van der Waals surface area (Å²) in [6, 6.07) is 23.9. The van der Waals surface area contributed by atoms with Crippen molar-refractivity contribution in [1.29, 1.82) is 0 Å². The van der Waals surface area contributed by atoms with Crippen molar-refractivity contribution in [2.45, 2.75) is 44.7 Å². The van der Waals surface area contributed by atoms with Crippen LogP contribution in [0.3, 0.4) is 0 Å². The molecule has 0 unspecified atom stereocenters. The first-order valence-electron chi connectivity index (χ1n) is 16.4. The van der Waals surface area contributed by atoms with Gasteiger partial charge < -0.3 is 24.4 Å². The van der Waals surface area contributed by atoms with E-state index in [0.717, 1.165) is 9.87 Å². The number of sulfonamides is 1. The van der Waals surface area contributed by atoms with Crippen LogP contribution in [0.5, 0.6) is 17.2 Å². The van der Waals surface area contributed by atoms with Crippen molar-refractivity contribution in [3.63, 3.8) is 0 Å². The lowest BCUT2D eigenvalue weighted by molar-refractivity contribution is -0.140. The Kier molecular flexibility index (Phi) is 14.0. The smallest absolute Gasteiger partial charge is 0.264 e. The first-order chi connectivity index (χ1) is 24.4. The number of rotatable bonds is 17. The molecule has 0 aliphatic heterocycles. The van der Waals surface area contributed by atoms with E-state index < -0.39 is 28.5 Å². The Labute approximate surface area is 310 Å². The van der Waals surface area contributed by atoms with Gasteiger partial charge in [0.2, 0.25) is 11.8 Å². The van der Waals surface area contributed by atoms with E-state index in [1.165, 1.54) is 37.3 Å². The van der Waals surface area contributed by atoms with Gasteiger partial charge in [-0.1, -0.05) is 73.4 Å². The summed E-state index contributed by atoms with van der Waals surface area (Å²) in [6.45, 7) is 5.87. The van der Waals surface area contributed by atoms with Crippen molar-refractivity contribution in [3.05, 3.63) is 112 Å². The molecule has 13 heteroatoms. The lowest BCUT2D eigenvalue weighted by Gasteiger charge is -2.34. The van der Waals surface area contributed by atoms with Crippen LogP contribution < -0.4 is 23.8 Å². The van der Waals surface area contributed by atoms with Crippen LogP contribution in [-0.2, 0) is 32.6 Å². The molecule has 1 N–H and O–H groups in total. The highest BCUT2D eigenvalue weighted by Crippen LogP contribution is 2.33. The molecule has 1 atom stereocenters. The summed E-state index contributed by atoms with van der Waals surface area (Å²) in [4.78, 5) is 30.0. The molecular weight excluding hydrogens is 713 g/mol. The van der Waals surface area contributed by atoms with Crippen LogP contribution in [0.15, 0.2) is 95.9 Å². The first-order valence-corrected chi connectivity index (χ1v) is 18.6. The van der Waals surface area contributed by atoms with Crippen molar-refractivity contribution in [2.75, 3.05) is 38.2 Å². The fourth-order valence-electron chi connectivity index (χ4n) is 5.32. The fraction of sp³-hybridized carbons (Fsp3) is 0.316. The number of benzene rings is 4. The Hall–Kier alpha value is -4.45. The maximum atomic E-state index is 14.7. The molecule has 0 saturated heterocycles. The largest absolute Gasteiger partial charge is 0.494 e. The van der Waals surface area contributed by atoms with E-state index in [4.69, 9.17) is 37.4 Å². The molecule has 0 aromatic heterocycles. The van der Waals surface area contributed by atoms with Crippen molar-refractivity contribution >= 4 is 50.7 Å². The van der Waals surface area contributed by atoms with E-state index in [2.05, 4.69) is 5.32 Å². The topological polar surface area (TPSA) is 114 Å². The molecular formula is C38H43Cl2N3O7S. The minimum absolute atomic E-state index is 0.0597. The Morgan fingerprint density at radius 1 is 0.824 bits per heavy atom. The Morgan fingerprint density at radius 2 is 1.51 bits per heavy atom. The molecule has 0 aliphatic rings. The SMILES string of the molecule is CCOc1ccc(N(CC(=O)N(Cc2ccc(Cl)c(Cl)c2)[C@@H](Cc2ccccc2)C(=O)NCC(C)C)S(=O)(=O)c2ccc(OC)c(OC)c2)cc1. The van der Waals surface area contributed by atoms with E-state index in [-0.39, 0.29) is 46.1 Å². The second kappa shape index (κ2) is 18.2. The third kappa shape index (κ3) is 10.3. The lowest BCUT2D eigenvalue weighted by Crippen LogP contribution is -2.53. The van der Waals surface area contributed by atoms with E-state index in [1.54, 1.807) is 42.5 Å². The van der Waals surface area contributed by atoms with E-state index in [9.17, 15) is 18.0 Å². The molecule has 0 spiro atoms. The van der Waals surface area contributed by atoms with Gasteiger partial charge in [0.05, 0.1) is 41.5 Å². The second-order valence-electron chi connectivity index (χ2n) is 12.1. The summed E-state index contributed by atoms with van der Waals surface area (Å²) in [5.74, 6) is 0.206. The van der Waals surface area contributed by atoms with Gasteiger partial charge in [-0.15, -0.1) is 0 Å². The van der Waals surface area contributed by atoms with Gasteiger partial charge in [0.25, 0.3) is 10.0 Å². The van der Waals surface area contributed by atoms with Gasteiger partial charge in [-0.25, -0.2) is 8.42 Å². The number of carbonyl (C=O) groups is 2. The van der Waals surface area contributed by atoms with Crippen molar-refractivity contribution in [2.24, 2.45) is 5.92 Å². The van der Waals surface area contributed by atoms with E-state index >= 15 is 0 Å². The monoisotopic (exact) mass is 755 g/mol. The van der Waals surface area contributed by atoms with Gasteiger partial charge in [-0.2, -0.15) is 0 Å². The number of nitrogens with zero attached hydrogens (tertiary/aromatic N) is 2. The van der Waals surface area contributed by atoms with Gasteiger partial charge in [-0.3, -0.25) is 13.9 Å². The van der Waals surface area contributed by atoms with E-state index in [0.29, 0.717) is 35.2 Å². The zero-order valence-corrected chi connectivity index (χ0v) is 31.6. The lowest BCUT2D eigenvalue weighted by atomic mass is 10.0. The van der Waals surface area contributed by atoms with Gasteiger partial charge in [0, 0.05) is 25.6 Å². The molecule has 10 nitrogen and oxygen atoms in total. The number of amides is 2. The average Bonchev–Trinajstić information content (AvgIpc) is 3.12. The molecule has 0 fully saturated rings. The molecule has 4 aromatic carbocycles. The van der Waals surface area contributed by atoms with Crippen LogP contribution >= 0.6 is 23.2 Å². The zero-order valence-electron chi connectivity index (χ0n) is 29.3. The molecule has 0 radical (unpaired) electrons. The quantitative estimate of drug-likeness (QED) is 0.123. The van der Waals surface area contributed by atoms with Gasteiger partial charge >= 0.3 is 0 Å². The van der Waals surface area contributed by atoms with Crippen LogP contribution in [0.1, 0.15) is 31.9 Å². The number of halogens is 2. The Morgan fingerprint density at radius 3 is 2.12 bits per heavy atom. The zero-order chi connectivity index (χ0) is 37.1. The Balaban J connectivity index is 1.84. The summed E-state index contributed by atoms with van der Waals surface area (Å²) in [7, 11) is -1.56. The maximum Gasteiger partial charge on any atom is 0.264 e. The van der Waals surface area contributed by atoms with Crippen molar-refractivity contribution in [1.82, 2.24) is 10.2 Å². The van der Waals surface area contributed by atoms with Crippen LogP contribution in [0.2, 0.25) is 10.0 Å². The highest BCUT2D eigenvalue weighted by Gasteiger charge is 2.35. The average molecular weight is 757 g/mol. The summed E-state index contributed by atoms with van der Waals surface area (Å²) in [6.07, 6.45) is 0.170. The van der Waals surface area contributed by atoms with Gasteiger partial charge in [0.1, 0.15) is 18.3 Å². The predicted molar refractivity (Wildman–Crippen MR) is 200 cm³/mol. The molecule has 0 saturated carbocycles. The molecule has 4 aromatic rings. The number of hydrogen-bond acceptors (Lipinski definition) is 7. The standard InChI is InChI=1S/C38H43Cl2N3O7S/c1-6-50-30-15-13-29(14-16-30)43(51(46,47)31-17-19-35(48-4)36(22-31)49-5)25-37(44)42(24-28-12-18-32(39)33(40)20-28)34(38(45)41-23-26(2)3)21-27-10-8-7-9-11-27/h7-20,22,26,34H,6,21,23-25H2,1-5H3,(H,41,45)/t34-/m0/s1. The Bertz CT molecular complexity index is 1890. The summed E-state index contributed by atoms with van der Waals surface area (Å²) >= 11 is 12.6.